The Morgan fingerprint density at radius 1 is 1.48 bits per heavy atom. The second kappa shape index (κ2) is 8.77. The zero-order chi connectivity index (χ0) is 18.4. The first-order valence-corrected chi connectivity index (χ1v) is 8.92. The summed E-state index contributed by atoms with van der Waals surface area (Å²) < 4.78 is 5.32. The number of hydrogen-bond acceptors (Lipinski definition) is 4. The van der Waals surface area contributed by atoms with Crippen LogP contribution in [0.1, 0.15) is 45.1 Å². The summed E-state index contributed by atoms with van der Waals surface area (Å²) in [7, 11) is 0. The van der Waals surface area contributed by atoms with Crippen LogP contribution in [0.3, 0.4) is 0 Å². The third kappa shape index (κ3) is 4.90. The first kappa shape index (κ1) is 19.1. The number of nitrogens with one attached hydrogen (secondary N) is 1. The van der Waals surface area contributed by atoms with Crippen molar-refractivity contribution in [2.45, 2.75) is 45.6 Å². The van der Waals surface area contributed by atoms with Crippen molar-refractivity contribution in [1.29, 1.82) is 5.26 Å². The smallest absolute Gasteiger partial charge is 0.262 e. The summed E-state index contributed by atoms with van der Waals surface area (Å²) in [4.78, 5) is 12.4. The fraction of sp³-hybridized carbons (Fsp3) is 0.474. The SMILES string of the molecule is CCOc1cc(/C=C(\C#N)C(=O)N[C@H]2CCCC[C@@H]2C)cc(Cl)c1O. The van der Waals surface area contributed by atoms with E-state index in [0.717, 1.165) is 19.3 Å². The number of aromatic hydroxyl groups is 1. The average molecular weight is 363 g/mol. The van der Waals surface area contributed by atoms with E-state index in [2.05, 4.69) is 12.2 Å². The van der Waals surface area contributed by atoms with E-state index >= 15 is 0 Å². The number of ether oxygens (including phenoxy) is 1. The fourth-order valence-corrected chi connectivity index (χ4v) is 3.25. The first-order valence-electron chi connectivity index (χ1n) is 8.54. The highest BCUT2D eigenvalue weighted by Crippen LogP contribution is 2.35. The Balaban J connectivity index is 2.21. The highest BCUT2D eigenvalue weighted by molar-refractivity contribution is 6.32. The van der Waals surface area contributed by atoms with Crippen LogP contribution in [-0.4, -0.2) is 23.7 Å². The molecule has 0 aromatic heterocycles. The van der Waals surface area contributed by atoms with Gasteiger partial charge in [0, 0.05) is 6.04 Å². The standard InChI is InChI=1S/C19H23ClN2O3/c1-3-25-17-10-13(9-15(20)18(17)23)8-14(11-21)19(24)22-16-7-5-4-6-12(16)2/h8-10,12,16,23H,3-7H2,1-2H3,(H,22,24)/b14-8+/t12-,16-/m0/s1. The minimum atomic E-state index is -0.386. The second-order valence-corrected chi connectivity index (χ2v) is 6.70. The summed E-state index contributed by atoms with van der Waals surface area (Å²) in [5, 5.41) is 22.3. The highest BCUT2D eigenvalue weighted by atomic mass is 35.5. The van der Waals surface area contributed by atoms with E-state index in [1.165, 1.54) is 18.6 Å². The Kier molecular flexibility index (Phi) is 6.72. The van der Waals surface area contributed by atoms with Gasteiger partial charge < -0.3 is 15.2 Å². The van der Waals surface area contributed by atoms with Gasteiger partial charge in [-0.1, -0.05) is 31.4 Å². The van der Waals surface area contributed by atoms with Gasteiger partial charge in [0.1, 0.15) is 11.6 Å². The largest absolute Gasteiger partial charge is 0.503 e. The maximum atomic E-state index is 12.4. The number of halogens is 1. The number of nitriles is 1. The normalized spacial score (nSPS) is 20.6. The number of nitrogens with zero attached hydrogens (tertiary/aromatic N) is 1. The number of rotatable bonds is 5. The third-order valence-electron chi connectivity index (χ3n) is 4.45. The average Bonchev–Trinajstić information content (AvgIpc) is 2.59. The molecule has 2 atom stereocenters. The van der Waals surface area contributed by atoms with Crippen molar-refractivity contribution in [3.63, 3.8) is 0 Å². The van der Waals surface area contributed by atoms with Gasteiger partial charge in [-0.15, -0.1) is 0 Å². The van der Waals surface area contributed by atoms with Crippen LogP contribution >= 0.6 is 11.6 Å². The van der Waals surface area contributed by atoms with Gasteiger partial charge in [0.2, 0.25) is 0 Å². The third-order valence-corrected chi connectivity index (χ3v) is 4.74. The van der Waals surface area contributed by atoms with Crippen LogP contribution in [0.25, 0.3) is 6.08 Å². The molecule has 5 nitrogen and oxygen atoms in total. The van der Waals surface area contributed by atoms with Crippen molar-refractivity contribution >= 4 is 23.6 Å². The van der Waals surface area contributed by atoms with Crippen LogP contribution in [0.5, 0.6) is 11.5 Å². The lowest BCUT2D eigenvalue weighted by Gasteiger charge is -2.29. The zero-order valence-corrected chi connectivity index (χ0v) is 15.3. The van der Waals surface area contributed by atoms with Gasteiger partial charge in [0.15, 0.2) is 11.5 Å². The Morgan fingerprint density at radius 3 is 2.84 bits per heavy atom. The number of phenolic OH excluding ortho intramolecular Hbond substituents is 1. The molecule has 1 aliphatic carbocycles. The Hall–Kier alpha value is -2.19. The molecule has 1 aliphatic rings. The van der Waals surface area contributed by atoms with Gasteiger partial charge >= 0.3 is 0 Å². The molecule has 6 heteroatoms. The van der Waals surface area contributed by atoms with E-state index in [4.69, 9.17) is 16.3 Å². The van der Waals surface area contributed by atoms with Gasteiger partial charge in [-0.3, -0.25) is 4.79 Å². The molecule has 1 amide bonds. The lowest BCUT2D eigenvalue weighted by Crippen LogP contribution is -2.41. The molecule has 0 aliphatic heterocycles. The van der Waals surface area contributed by atoms with Crippen molar-refractivity contribution in [2.75, 3.05) is 6.61 Å². The van der Waals surface area contributed by atoms with Crippen molar-refractivity contribution in [3.05, 3.63) is 28.3 Å². The van der Waals surface area contributed by atoms with Crippen molar-refractivity contribution < 1.29 is 14.6 Å². The molecule has 134 valence electrons. The minimum Gasteiger partial charge on any atom is -0.503 e. The molecule has 0 bridgehead atoms. The quantitative estimate of drug-likeness (QED) is 0.611. The second-order valence-electron chi connectivity index (χ2n) is 6.29. The first-order chi connectivity index (χ1) is 12.0. The maximum Gasteiger partial charge on any atom is 0.262 e. The number of carbonyl (C=O) groups excluding carboxylic acids is 1. The van der Waals surface area contributed by atoms with E-state index in [0.29, 0.717) is 18.1 Å². The monoisotopic (exact) mass is 362 g/mol. The molecule has 0 spiro atoms. The number of benzene rings is 1. The lowest BCUT2D eigenvalue weighted by molar-refractivity contribution is -0.118. The molecular weight excluding hydrogens is 340 g/mol. The molecule has 25 heavy (non-hydrogen) atoms. The van der Waals surface area contributed by atoms with Crippen LogP contribution in [-0.2, 0) is 4.79 Å². The molecule has 1 aromatic carbocycles. The molecule has 2 rings (SSSR count). The molecule has 1 aromatic rings. The summed E-state index contributed by atoms with van der Waals surface area (Å²) in [6, 6.07) is 5.09. The molecule has 0 unspecified atom stereocenters. The van der Waals surface area contributed by atoms with Gasteiger partial charge in [-0.25, -0.2) is 0 Å². The zero-order valence-electron chi connectivity index (χ0n) is 14.5. The summed E-state index contributed by atoms with van der Waals surface area (Å²) in [5.41, 5.74) is 0.525. The summed E-state index contributed by atoms with van der Waals surface area (Å²) in [5.74, 6) is 0.0910. The Labute approximate surface area is 153 Å². The molecule has 0 radical (unpaired) electrons. The van der Waals surface area contributed by atoms with Crippen molar-refractivity contribution in [3.8, 4) is 17.6 Å². The lowest BCUT2D eigenvalue weighted by atomic mass is 9.86. The predicted molar refractivity (Wildman–Crippen MR) is 97.4 cm³/mol. The van der Waals surface area contributed by atoms with Crippen molar-refractivity contribution in [2.24, 2.45) is 5.92 Å². The van der Waals surface area contributed by atoms with Crippen molar-refractivity contribution in [1.82, 2.24) is 5.32 Å². The van der Waals surface area contributed by atoms with Crippen LogP contribution in [0.2, 0.25) is 5.02 Å². The van der Waals surface area contributed by atoms with Gasteiger partial charge in [-0.05, 0) is 49.5 Å². The van der Waals surface area contributed by atoms with Crippen LogP contribution in [0.4, 0.5) is 0 Å². The molecule has 2 N–H and O–H groups in total. The number of amides is 1. The van der Waals surface area contributed by atoms with E-state index in [9.17, 15) is 15.2 Å². The van der Waals surface area contributed by atoms with E-state index in [-0.39, 0.29) is 34.0 Å². The van der Waals surface area contributed by atoms with Crippen LogP contribution in [0, 0.1) is 17.2 Å². The number of hydrogen-bond donors (Lipinski definition) is 2. The predicted octanol–water partition coefficient (Wildman–Crippen LogP) is 4.05. The van der Waals surface area contributed by atoms with E-state index in [1.807, 2.05) is 6.07 Å². The molecule has 1 saturated carbocycles. The molecule has 0 heterocycles. The molecular formula is C19H23ClN2O3. The van der Waals surface area contributed by atoms with Gasteiger partial charge in [0.05, 0.1) is 11.6 Å². The topological polar surface area (TPSA) is 82.3 Å². The van der Waals surface area contributed by atoms with E-state index in [1.54, 1.807) is 13.0 Å². The maximum absolute atomic E-state index is 12.4. The highest BCUT2D eigenvalue weighted by Gasteiger charge is 2.24. The van der Waals surface area contributed by atoms with E-state index < -0.39 is 0 Å². The number of phenols is 1. The summed E-state index contributed by atoms with van der Waals surface area (Å²) >= 11 is 5.99. The Bertz CT molecular complexity index is 709. The number of carbonyl (C=O) groups is 1. The van der Waals surface area contributed by atoms with Crippen LogP contribution in [0.15, 0.2) is 17.7 Å². The minimum absolute atomic E-state index is 0.00183. The van der Waals surface area contributed by atoms with Crippen LogP contribution < -0.4 is 10.1 Å². The summed E-state index contributed by atoms with van der Waals surface area (Å²) in [6.45, 7) is 4.27. The molecule has 0 saturated heterocycles. The Morgan fingerprint density at radius 2 is 2.20 bits per heavy atom. The van der Waals surface area contributed by atoms with Gasteiger partial charge in [-0.2, -0.15) is 5.26 Å². The summed E-state index contributed by atoms with van der Waals surface area (Å²) in [6.07, 6.45) is 5.75. The molecule has 1 fully saturated rings. The fourth-order valence-electron chi connectivity index (χ4n) is 3.03. The van der Waals surface area contributed by atoms with Gasteiger partial charge in [0.25, 0.3) is 5.91 Å².